The van der Waals surface area contributed by atoms with E-state index in [1.807, 2.05) is 24.0 Å². The summed E-state index contributed by atoms with van der Waals surface area (Å²) in [6, 6.07) is 1.96. The van der Waals surface area contributed by atoms with Crippen molar-refractivity contribution in [3.05, 3.63) is 27.7 Å². The second-order valence-electron chi connectivity index (χ2n) is 7.04. The third-order valence-electron chi connectivity index (χ3n) is 4.80. The van der Waals surface area contributed by atoms with Crippen molar-refractivity contribution in [2.75, 3.05) is 18.4 Å². The van der Waals surface area contributed by atoms with Crippen LogP contribution < -0.4 is 10.6 Å². The van der Waals surface area contributed by atoms with Gasteiger partial charge in [0, 0.05) is 23.5 Å². The number of aromatic nitrogens is 3. The van der Waals surface area contributed by atoms with Crippen LogP contribution in [0.2, 0.25) is 0 Å². The van der Waals surface area contributed by atoms with Crippen LogP contribution in [0, 0.1) is 0 Å². The number of aryl methyl sites for hydroxylation is 1. The molecule has 1 saturated heterocycles. The van der Waals surface area contributed by atoms with Gasteiger partial charge >= 0.3 is 0 Å². The molecule has 6 nitrogen and oxygen atoms in total. The van der Waals surface area contributed by atoms with Crippen LogP contribution in [0.1, 0.15) is 58.8 Å². The minimum absolute atomic E-state index is 0.0906. The Bertz CT molecular complexity index is 933. The van der Waals surface area contributed by atoms with Crippen molar-refractivity contribution in [2.45, 2.75) is 38.5 Å². The normalized spacial score (nSPS) is 15.8. The first-order valence-electron chi connectivity index (χ1n) is 8.97. The Balaban J connectivity index is 1.52. The topological polar surface area (TPSA) is 71.8 Å². The highest BCUT2D eigenvalue weighted by atomic mass is 32.1. The molecular formula is C18H23N5OS2. The molecule has 0 unspecified atom stereocenters. The number of thiazole rings is 1. The molecule has 4 heterocycles. The summed E-state index contributed by atoms with van der Waals surface area (Å²) >= 11 is 3.08. The number of thiophene rings is 1. The van der Waals surface area contributed by atoms with Crippen molar-refractivity contribution >= 4 is 43.9 Å². The Morgan fingerprint density at radius 3 is 2.85 bits per heavy atom. The summed E-state index contributed by atoms with van der Waals surface area (Å²) in [5.41, 5.74) is 1.04. The van der Waals surface area contributed by atoms with Gasteiger partial charge in [-0.2, -0.15) is 5.10 Å². The summed E-state index contributed by atoms with van der Waals surface area (Å²) in [7, 11) is 1.93. The first kappa shape index (κ1) is 17.6. The highest BCUT2D eigenvalue weighted by Crippen LogP contribution is 2.34. The van der Waals surface area contributed by atoms with Gasteiger partial charge < -0.3 is 5.32 Å². The van der Waals surface area contributed by atoms with Gasteiger partial charge in [-0.25, -0.2) is 4.98 Å². The second-order valence-corrected chi connectivity index (χ2v) is 9.13. The maximum absolute atomic E-state index is 12.7. The second kappa shape index (κ2) is 7.09. The summed E-state index contributed by atoms with van der Waals surface area (Å²) in [5.74, 6) is 0.797. The predicted octanol–water partition coefficient (Wildman–Crippen LogP) is 3.93. The quantitative estimate of drug-likeness (QED) is 0.709. The number of anilines is 1. The standard InChI is InChI=1S/C18H23N5OS2/c1-10(2)15-12-8-13(25-17(12)23(3)22-15)16(24)21-18-20-9-14(26-18)11-4-6-19-7-5-11/h8-11,19H,4-7H2,1-3H3,(H,20,21,24). The van der Waals surface area contributed by atoms with Crippen molar-refractivity contribution < 1.29 is 4.79 Å². The Labute approximate surface area is 160 Å². The van der Waals surface area contributed by atoms with E-state index >= 15 is 0 Å². The molecule has 0 atom stereocenters. The van der Waals surface area contributed by atoms with E-state index in [1.54, 1.807) is 11.3 Å². The Morgan fingerprint density at radius 1 is 1.35 bits per heavy atom. The average Bonchev–Trinajstić information content (AvgIpc) is 3.32. The number of rotatable bonds is 4. The van der Waals surface area contributed by atoms with Gasteiger partial charge in [0.25, 0.3) is 5.91 Å². The van der Waals surface area contributed by atoms with Crippen molar-refractivity contribution in [1.29, 1.82) is 0 Å². The smallest absolute Gasteiger partial charge is 0.267 e. The molecule has 1 aliphatic heterocycles. The van der Waals surface area contributed by atoms with Gasteiger partial charge in [-0.05, 0) is 43.8 Å². The van der Waals surface area contributed by atoms with Crippen molar-refractivity contribution in [2.24, 2.45) is 7.05 Å². The number of nitrogens with one attached hydrogen (secondary N) is 2. The number of nitrogens with zero attached hydrogens (tertiary/aromatic N) is 3. The van der Waals surface area contributed by atoms with Crippen LogP contribution in [0.4, 0.5) is 5.13 Å². The van der Waals surface area contributed by atoms with Crippen molar-refractivity contribution in [3.8, 4) is 0 Å². The van der Waals surface area contributed by atoms with E-state index in [0.29, 0.717) is 21.8 Å². The molecule has 3 aromatic rings. The van der Waals surface area contributed by atoms with Gasteiger partial charge in [0.2, 0.25) is 0 Å². The van der Waals surface area contributed by atoms with Crippen LogP contribution in [0.25, 0.3) is 10.2 Å². The van der Waals surface area contributed by atoms with E-state index in [-0.39, 0.29) is 5.91 Å². The van der Waals surface area contributed by atoms with Crippen LogP contribution in [-0.4, -0.2) is 33.8 Å². The highest BCUT2D eigenvalue weighted by molar-refractivity contribution is 7.20. The summed E-state index contributed by atoms with van der Waals surface area (Å²) in [6.45, 7) is 6.35. The molecule has 1 aliphatic rings. The Kier molecular flexibility index (Phi) is 4.81. The number of carbonyl (C=O) groups is 1. The fraction of sp³-hybridized carbons (Fsp3) is 0.500. The van der Waals surface area contributed by atoms with E-state index in [4.69, 9.17) is 0 Å². The zero-order chi connectivity index (χ0) is 18.3. The molecule has 1 amide bonds. The predicted molar refractivity (Wildman–Crippen MR) is 108 cm³/mol. The third-order valence-corrected chi connectivity index (χ3v) is 7.07. The lowest BCUT2D eigenvalue weighted by atomic mass is 9.97. The minimum atomic E-state index is -0.0906. The van der Waals surface area contributed by atoms with Gasteiger partial charge in [-0.15, -0.1) is 22.7 Å². The first-order chi connectivity index (χ1) is 12.5. The van der Waals surface area contributed by atoms with E-state index in [2.05, 4.69) is 34.6 Å². The molecule has 4 rings (SSSR count). The van der Waals surface area contributed by atoms with Gasteiger partial charge in [0.15, 0.2) is 5.13 Å². The number of fused-ring (bicyclic) bond motifs is 1. The number of carbonyl (C=O) groups excluding carboxylic acids is 1. The lowest BCUT2D eigenvalue weighted by molar-refractivity contribution is 0.103. The number of amides is 1. The van der Waals surface area contributed by atoms with E-state index in [0.717, 1.165) is 41.8 Å². The number of hydrogen-bond donors (Lipinski definition) is 2. The fourth-order valence-electron chi connectivity index (χ4n) is 3.40. The minimum Gasteiger partial charge on any atom is -0.317 e. The third kappa shape index (κ3) is 3.28. The molecule has 0 spiro atoms. The summed E-state index contributed by atoms with van der Waals surface area (Å²) in [5, 5.41) is 12.7. The molecule has 0 aliphatic carbocycles. The highest BCUT2D eigenvalue weighted by Gasteiger charge is 2.21. The molecule has 3 aromatic heterocycles. The molecule has 8 heteroatoms. The zero-order valence-corrected chi connectivity index (χ0v) is 16.8. The summed E-state index contributed by atoms with van der Waals surface area (Å²) in [4.78, 5) is 20.1. The molecule has 26 heavy (non-hydrogen) atoms. The lowest BCUT2D eigenvalue weighted by Crippen LogP contribution is -2.26. The lowest BCUT2D eigenvalue weighted by Gasteiger charge is -2.20. The molecule has 0 radical (unpaired) electrons. The summed E-state index contributed by atoms with van der Waals surface area (Å²) in [6.07, 6.45) is 4.19. The SMILES string of the molecule is CC(C)c1nn(C)c2sc(C(=O)Nc3ncc(C4CCNCC4)s3)cc12. The van der Waals surface area contributed by atoms with Crippen LogP contribution >= 0.6 is 22.7 Å². The maximum atomic E-state index is 12.7. The molecule has 1 fully saturated rings. The van der Waals surface area contributed by atoms with Gasteiger partial charge in [0.1, 0.15) is 4.83 Å². The number of piperidine rings is 1. The van der Waals surface area contributed by atoms with Crippen LogP contribution in [0.5, 0.6) is 0 Å². The number of hydrogen-bond acceptors (Lipinski definition) is 6. The van der Waals surface area contributed by atoms with Gasteiger partial charge in [-0.3, -0.25) is 14.8 Å². The largest absolute Gasteiger partial charge is 0.317 e. The monoisotopic (exact) mass is 389 g/mol. The van der Waals surface area contributed by atoms with Crippen LogP contribution in [0.15, 0.2) is 12.3 Å². The van der Waals surface area contributed by atoms with Gasteiger partial charge in [-0.1, -0.05) is 13.8 Å². The zero-order valence-electron chi connectivity index (χ0n) is 15.2. The Hall–Kier alpha value is -1.77. The van der Waals surface area contributed by atoms with E-state index in [9.17, 15) is 4.79 Å². The molecule has 0 bridgehead atoms. The van der Waals surface area contributed by atoms with E-state index < -0.39 is 0 Å². The fourth-order valence-corrected chi connectivity index (χ4v) is 5.36. The summed E-state index contributed by atoms with van der Waals surface area (Å²) < 4.78 is 1.87. The van der Waals surface area contributed by atoms with Crippen LogP contribution in [-0.2, 0) is 7.05 Å². The van der Waals surface area contributed by atoms with Crippen molar-refractivity contribution in [1.82, 2.24) is 20.1 Å². The van der Waals surface area contributed by atoms with Gasteiger partial charge in [0.05, 0.1) is 10.6 Å². The first-order valence-corrected chi connectivity index (χ1v) is 10.6. The molecular weight excluding hydrogens is 366 g/mol. The average molecular weight is 390 g/mol. The Morgan fingerprint density at radius 2 is 2.12 bits per heavy atom. The van der Waals surface area contributed by atoms with Crippen LogP contribution in [0.3, 0.4) is 0 Å². The molecule has 138 valence electrons. The molecule has 0 aromatic carbocycles. The molecule has 2 N–H and O–H groups in total. The van der Waals surface area contributed by atoms with E-state index in [1.165, 1.54) is 16.2 Å². The molecule has 0 saturated carbocycles. The van der Waals surface area contributed by atoms with Crippen molar-refractivity contribution in [3.63, 3.8) is 0 Å². The maximum Gasteiger partial charge on any atom is 0.267 e.